The Labute approximate surface area is 284 Å². The second kappa shape index (κ2) is 13.9. The number of benzene rings is 3. The molecule has 0 bridgehead atoms. The molecule has 248 valence electrons. The van der Waals surface area contributed by atoms with Gasteiger partial charge in [0.25, 0.3) is 21.5 Å². The molecule has 11 heteroatoms. The van der Waals surface area contributed by atoms with Gasteiger partial charge in [-0.3, -0.25) is 19.0 Å². The number of hydrogen-bond acceptors (Lipinski definition) is 7. The van der Waals surface area contributed by atoms with Gasteiger partial charge in [-0.05, 0) is 79.1 Å². The van der Waals surface area contributed by atoms with Crippen molar-refractivity contribution in [2.45, 2.75) is 63.6 Å². The minimum absolute atomic E-state index is 0.134. The lowest BCUT2D eigenvalue weighted by molar-refractivity contribution is -0.120. The van der Waals surface area contributed by atoms with Crippen molar-refractivity contribution in [2.75, 3.05) is 5.32 Å². The molecule has 2 heterocycles. The van der Waals surface area contributed by atoms with Crippen LogP contribution in [-0.4, -0.2) is 29.8 Å². The van der Waals surface area contributed by atoms with Crippen molar-refractivity contribution < 1.29 is 18.0 Å². The molecular formula is C37H38N4O5S2. The molecule has 6 rings (SSSR count). The molecule has 0 spiro atoms. The van der Waals surface area contributed by atoms with Gasteiger partial charge in [0.15, 0.2) is 0 Å². The summed E-state index contributed by atoms with van der Waals surface area (Å²) in [6.07, 6.45) is 3.54. The largest absolute Gasteiger partial charge is 0.322 e. The monoisotopic (exact) mass is 682 g/mol. The van der Waals surface area contributed by atoms with Crippen molar-refractivity contribution in [2.24, 2.45) is 11.8 Å². The van der Waals surface area contributed by atoms with E-state index < -0.39 is 15.9 Å². The molecule has 0 saturated heterocycles. The molecule has 0 unspecified atom stereocenters. The Morgan fingerprint density at radius 2 is 1.73 bits per heavy atom. The first-order valence-corrected chi connectivity index (χ1v) is 18.5. The SMILES string of the molecule is CCCc1nc2ccc(NC(=O)c3ccccc3)cc2c(=O)n1Cc1ccc(-c2cc(CC(C)C)sc2S(=O)(=O)NC(=O)C2CC2)cc1. The molecule has 9 nitrogen and oxygen atoms in total. The fourth-order valence-electron chi connectivity index (χ4n) is 5.62. The van der Waals surface area contributed by atoms with Gasteiger partial charge in [0.1, 0.15) is 10.0 Å². The minimum Gasteiger partial charge on any atom is -0.322 e. The molecule has 0 radical (unpaired) electrons. The fraction of sp³-hybridized carbons (Fsp3) is 0.297. The van der Waals surface area contributed by atoms with E-state index in [0.717, 1.165) is 23.3 Å². The second-order valence-corrected chi connectivity index (χ2v) is 15.7. The van der Waals surface area contributed by atoms with Crippen LogP contribution in [0.2, 0.25) is 0 Å². The van der Waals surface area contributed by atoms with Gasteiger partial charge in [-0.15, -0.1) is 11.3 Å². The number of aromatic nitrogens is 2. The Morgan fingerprint density at radius 3 is 2.40 bits per heavy atom. The van der Waals surface area contributed by atoms with Crippen LogP contribution < -0.4 is 15.6 Å². The fourth-order valence-corrected chi connectivity index (χ4v) is 8.62. The molecule has 1 fully saturated rings. The van der Waals surface area contributed by atoms with Gasteiger partial charge in [-0.2, -0.15) is 0 Å². The first-order valence-electron chi connectivity index (χ1n) is 16.2. The lowest BCUT2D eigenvalue weighted by atomic mass is 10.0. The van der Waals surface area contributed by atoms with Crippen LogP contribution in [0.25, 0.3) is 22.0 Å². The Morgan fingerprint density at radius 1 is 1.00 bits per heavy atom. The van der Waals surface area contributed by atoms with Crippen molar-refractivity contribution in [1.82, 2.24) is 14.3 Å². The summed E-state index contributed by atoms with van der Waals surface area (Å²) in [7, 11) is -4.04. The average molecular weight is 683 g/mol. The standard InChI is InChI=1S/C37H38N4O5S2/c1-4-8-33-39-32-18-17-28(38-34(42)26-9-6-5-7-10-26)20-31(32)36(44)41(33)22-24-11-13-25(14-12-24)30-21-29(19-23(2)3)47-37(30)48(45,46)40-35(43)27-15-16-27/h5-7,9-14,17-18,20-21,23,27H,4,8,15-16,19,22H2,1-3H3,(H,38,42)(H,40,43). The van der Waals surface area contributed by atoms with Crippen LogP contribution in [0.1, 0.15) is 66.7 Å². The van der Waals surface area contributed by atoms with E-state index in [9.17, 15) is 22.8 Å². The summed E-state index contributed by atoms with van der Waals surface area (Å²) in [6, 6.07) is 23.4. The maximum Gasteiger partial charge on any atom is 0.274 e. The van der Waals surface area contributed by atoms with Crippen LogP contribution in [0, 0.1) is 11.8 Å². The molecule has 1 aliphatic carbocycles. The summed E-state index contributed by atoms with van der Waals surface area (Å²) >= 11 is 1.20. The topological polar surface area (TPSA) is 127 Å². The van der Waals surface area contributed by atoms with Gasteiger partial charge in [-0.1, -0.05) is 63.2 Å². The summed E-state index contributed by atoms with van der Waals surface area (Å²) in [5, 5.41) is 3.27. The number of rotatable bonds is 12. The Hall–Kier alpha value is -4.61. The summed E-state index contributed by atoms with van der Waals surface area (Å²) in [6.45, 7) is 6.46. The quantitative estimate of drug-likeness (QED) is 0.149. The molecule has 1 saturated carbocycles. The summed E-state index contributed by atoms with van der Waals surface area (Å²) in [5.41, 5.74) is 3.48. The number of carbonyl (C=O) groups excluding carboxylic acids is 2. The molecule has 0 atom stereocenters. The highest BCUT2D eigenvalue weighted by molar-refractivity contribution is 7.92. The van der Waals surface area contributed by atoms with E-state index in [4.69, 9.17) is 4.98 Å². The van der Waals surface area contributed by atoms with Gasteiger partial charge in [-0.25, -0.2) is 18.1 Å². The van der Waals surface area contributed by atoms with Crippen LogP contribution >= 0.6 is 11.3 Å². The number of amides is 2. The number of sulfonamides is 1. The first-order chi connectivity index (χ1) is 23.0. The highest BCUT2D eigenvalue weighted by atomic mass is 32.2. The van der Waals surface area contributed by atoms with Gasteiger partial charge in [0.05, 0.1) is 17.4 Å². The summed E-state index contributed by atoms with van der Waals surface area (Å²) < 4.78 is 30.9. The van der Waals surface area contributed by atoms with E-state index in [1.54, 1.807) is 47.0 Å². The van der Waals surface area contributed by atoms with Gasteiger partial charge in [0, 0.05) is 34.0 Å². The number of aryl methyl sites for hydroxylation is 1. The number of thiophene rings is 1. The van der Waals surface area contributed by atoms with Gasteiger partial charge in [0.2, 0.25) is 5.91 Å². The van der Waals surface area contributed by atoms with Crippen molar-refractivity contribution in [3.8, 4) is 11.1 Å². The average Bonchev–Trinajstić information content (AvgIpc) is 3.83. The molecule has 0 aliphatic heterocycles. The zero-order valence-corrected chi connectivity index (χ0v) is 28.8. The molecular weight excluding hydrogens is 645 g/mol. The zero-order valence-electron chi connectivity index (χ0n) is 27.2. The van der Waals surface area contributed by atoms with Crippen LogP contribution in [0.3, 0.4) is 0 Å². The van der Waals surface area contributed by atoms with Crippen LogP contribution in [-0.2, 0) is 34.2 Å². The number of hydrogen-bond donors (Lipinski definition) is 2. The predicted octanol–water partition coefficient (Wildman–Crippen LogP) is 6.79. The van der Waals surface area contributed by atoms with Crippen molar-refractivity contribution in [3.63, 3.8) is 0 Å². The molecule has 48 heavy (non-hydrogen) atoms. The number of carbonyl (C=O) groups is 2. The zero-order chi connectivity index (χ0) is 34.0. The van der Waals surface area contributed by atoms with Gasteiger partial charge < -0.3 is 5.32 Å². The number of fused-ring (bicyclic) bond motifs is 1. The number of anilines is 1. The lowest BCUT2D eigenvalue weighted by Crippen LogP contribution is -2.31. The van der Waals surface area contributed by atoms with Crippen molar-refractivity contribution >= 4 is 49.8 Å². The highest BCUT2D eigenvalue weighted by Crippen LogP contribution is 2.37. The van der Waals surface area contributed by atoms with E-state index in [1.165, 1.54) is 11.3 Å². The van der Waals surface area contributed by atoms with E-state index in [-0.39, 0.29) is 28.1 Å². The third kappa shape index (κ3) is 7.42. The van der Waals surface area contributed by atoms with Crippen molar-refractivity contribution in [1.29, 1.82) is 0 Å². The molecule has 3 aromatic carbocycles. The lowest BCUT2D eigenvalue weighted by Gasteiger charge is -2.15. The maximum absolute atomic E-state index is 13.9. The second-order valence-electron chi connectivity index (χ2n) is 12.7. The predicted molar refractivity (Wildman–Crippen MR) is 190 cm³/mol. The Balaban J connectivity index is 1.30. The van der Waals surface area contributed by atoms with E-state index in [0.29, 0.717) is 64.3 Å². The van der Waals surface area contributed by atoms with Crippen LogP contribution in [0.5, 0.6) is 0 Å². The summed E-state index contributed by atoms with van der Waals surface area (Å²) in [5.74, 6) is 0.0454. The van der Waals surface area contributed by atoms with E-state index in [2.05, 4.69) is 23.9 Å². The third-order valence-electron chi connectivity index (χ3n) is 8.19. The maximum atomic E-state index is 13.9. The smallest absolute Gasteiger partial charge is 0.274 e. The summed E-state index contributed by atoms with van der Waals surface area (Å²) in [4.78, 5) is 44.8. The highest BCUT2D eigenvalue weighted by Gasteiger charge is 2.34. The normalized spacial score (nSPS) is 13.2. The number of nitrogens with zero attached hydrogens (tertiary/aromatic N) is 2. The molecule has 2 amide bonds. The molecule has 2 N–H and O–H groups in total. The molecule has 2 aromatic heterocycles. The first kappa shape index (κ1) is 33.3. The van der Waals surface area contributed by atoms with Crippen molar-refractivity contribution in [3.05, 3.63) is 111 Å². The molecule has 1 aliphatic rings. The van der Waals surface area contributed by atoms with Crippen LogP contribution in [0.15, 0.2) is 87.9 Å². The Kier molecular flexibility index (Phi) is 9.61. The third-order valence-corrected chi connectivity index (χ3v) is 11.2. The molecule has 5 aromatic rings. The van der Waals surface area contributed by atoms with E-state index in [1.807, 2.05) is 43.3 Å². The minimum atomic E-state index is -4.04. The van der Waals surface area contributed by atoms with Gasteiger partial charge >= 0.3 is 0 Å². The van der Waals surface area contributed by atoms with Crippen LogP contribution in [0.4, 0.5) is 5.69 Å². The van der Waals surface area contributed by atoms with E-state index >= 15 is 0 Å². The number of nitrogens with one attached hydrogen (secondary N) is 2. The Bertz CT molecular complexity index is 2150.